The predicted molar refractivity (Wildman–Crippen MR) is 92.4 cm³/mol. The van der Waals surface area contributed by atoms with E-state index in [4.69, 9.17) is 0 Å². The minimum Gasteiger partial charge on any atom is -0.0654 e. The molecule has 0 aromatic heterocycles. The number of rotatable bonds is 4. The maximum absolute atomic E-state index is 3.80. The van der Waals surface area contributed by atoms with Gasteiger partial charge < -0.3 is 0 Å². The SMILES string of the molecule is CCCCCc1c2ccccc2c(Br)c2ccccc12. The lowest BCUT2D eigenvalue weighted by Crippen LogP contribution is -1.92. The van der Waals surface area contributed by atoms with E-state index < -0.39 is 0 Å². The fraction of sp³-hybridized carbons (Fsp3) is 0.263. The van der Waals surface area contributed by atoms with Crippen LogP contribution in [-0.4, -0.2) is 0 Å². The molecule has 0 saturated heterocycles. The smallest absolute Gasteiger partial charge is 0.0332 e. The maximum Gasteiger partial charge on any atom is 0.0332 e. The van der Waals surface area contributed by atoms with E-state index in [1.807, 2.05) is 0 Å². The number of aryl methyl sites for hydroxylation is 1. The van der Waals surface area contributed by atoms with Crippen LogP contribution in [0, 0.1) is 0 Å². The molecule has 0 bridgehead atoms. The first kappa shape index (κ1) is 13.6. The molecule has 3 aromatic carbocycles. The first-order valence-corrected chi connectivity index (χ1v) is 8.20. The molecule has 1 heteroatoms. The van der Waals surface area contributed by atoms with Crippen LogP contribution in [0.2, 0.25) is 0 Å². The van der Waals surface area contributed by atoms with Crippen molar-refractivity contribution in [3.63, 3.8) is 0 Å². The summed E-state index contributed by atoms with van der Waals surface area (Å²) >= 11 is 3.80. The highest BCUT2D eigenvalue weighted by Crippen LogP contribution is 2.36. The van der Waals surface area contributed by atoms with Crippen LogP contribution in [0.4, 0.5) is 0 Å². The standard InChI is InChI=1S/C19H19Br/c1-2-3-4-9-14-15-10-5-7-12-17(15)19(20)18-13-8-6-11-16(14)18/h5-8,10-13H,2-4,9H2,1H3. The minimum atomic E-state index is 1.17. The highest BCUT2D eigenvalue weighted by Gasteiger charge is 2.11. The molecule has 3 aromatic rings. The number of hydrogen-bond donors (Lipinski definition) is 0. The van der Waals surface area contributed by atoms with Gasteiger partial charge in [-0.1, -0.05) is 68.3 Å². The Bertz CT molecular complexity index is 686. The topological polar surface area (TPSA) is 0 Å². The summed E-state index contributed by atoms with van der Waals surface area (Å²) in [6, 6.07) is 17.5. The minimum absolute atomic E-state index is 1.17. The highest BCUT2D eigenvalue weighted by molar-refractivity contribution is 9.10. The Balaban J connectivity index is 2.28. The summed E-state index contributed by atoms with van der Waals surface area (Å²) < 4.78 is 1.22. The fourth-order valence-electron chi connectivity index (χ4n) is 2.99. The molecule has 0 atom stereocenters. The Kier molecular flexibility index (Phi) is 4.07. The third kappa shape index (κ3) is 2.35. The maximum atomic E-state index is 3.80. The molecule has 0 aliphatic heterocycles. The quantitative estimate of drug-likeness (QED) is 0.379. The van der Waals surface area contributed by atoms with Crippen molar-refractivity contribution in [3.8, 4) is 0 Å². The second kappa shape index (κ2) is 5.97. The fourth-order valence-corrected chi connectivity index (χ4v) is 3.68. The van der Waals surface area contributed by atoms with Crippen molar-refractivity contribution in [2.45, 2.75) is 32.6 Å². The number of fused-ring (bicyclic) bond motifs is 2. The summed E-state index contributed by atoms with van der Waals surface area (Å²) in [7, 11) is 0. The molecule has 0 nitrogen and oxygen atoms in total. The van der Waals surface area contributed by atoms with Crippen LogP contribution in [0.5, 0.6) is 0 Å². The molecule has 0 spiro atoms. The lowest BCUT2D eigenvalue weighted by atomic mass is 9.93. The zero-order valence-electron chi connectivity index (χ0n) is 11.8. The zero-order chi connectivity index (χ0) is 13.9. The van der Waals surface area contributed by atoms with Crippen molar-refractivity contribution >= 4 is 37.5 Å². The van der Waals surface area contributed by atoms with Gasteiger partial charge in [0, 0.05) is 4.47 Å². The van der Waals surface area contributed by atoms with Crippen molar-refractivity contribution in [1.29, 1.82) is 0 Å². The monoisotopic (exact) mass is 326 g/mol. The lowest BCUT2D eigenvalue weighted by molar-refractivity contribution is 0.721. The third-order valence-corrected chi connectivity index (χ3v) is 4.86. The van der Waals surface area contributed by atoms with E-state index in [0.717, 1.165) is 0 Å². The van der Waals surface area contributed by atoms with Gasteiger partial charge in [-0.2, -0.15) is 0 Å². The van der Waals surface area contributed by atoms with Gasteiger partial charge >= 0.3 is 0 Å². The second-order valence-electron chi connectivity index (χ2n) is 5.34. The second-order valence-corrected chi connectivity index (χ2v) is 6.13. The van der Waals surface area contributed by atoms with E-state index in [2.05, 4.69) is 71.4 Å². The van der Waals surface area contributed by atoms with Crippen molar-refractivity contribution in [1.82, 2.24) is 0 Å². The molecule has 0 radical (unpaired) electrons. The van der Waals surface area contributed by atoms with E-state index in [1.165, 1.54) is 57.3 Å². The van der Waals surface area contributed by atoms with Crippen LogP contribution in [-0.2, 0) is 6.42 Å². The van der Waals surface area contributed by atoms with E-state index in [1.54, 1.807) is 0 Å². The molecule has 0 saturated carbocycles. The Morgan fingerprint density at radius 3 is 1.75 bits per heavy atom. The zero-order valence-corrected chi connectivity index (χ0v) is 13.4. The van der Waals surface area contributed by atoms with E-state index in [9.17, 15) is 0 Å². The highest BCUT2D eigenvalue weighted by atomic mass is 79.9. The summed E-state index contributed by atoms with van der Waals surface area (Å²) in [5.41, 5.74) is 1.51. The summed E-state index contributed by atoms with van der Waals surface area (Å²) in [5.74, 6) is 0. The largest absolute Gasteiger partial charge is 0.0654 e. The van der Waals surface area contributed by atoms with E-state index in [-0.39, 0.29) is 0 Å². The third-order valence-electron chi connectivity index (χ3n) is 4.01. The molecular formula is C19H19Br. The molecule has 0 amide bonds. The van der Waals surface area contributed by atoms with E-state index in [0.29, 0.717) is 0 Å². The molecule has 0 unspecified atom stereocenters. The molecule has 0 aliphatic carbocycles. The summed E-state index contributed by atoms with van der Waals surface area (Å²) in [5, 5.41) is 5.46. The average Bonchev–Trinajstić information content (AvgIpc) is 2.51. The predicted octanol–water partition coefficient (Wildman–Crippen LogP) is 6.49. The molecule has 102 valence electrons. The van der Waals surface area contributed by atoms with Crippen LogP contribution >= 0.6 is 15.9 Å². The molecule has 0 heterocycles. The van der Waals surface area contributed by atoms with Crippen LogP contribution in [0.3, 0.4) is 0 Å². The van der Waals surface area contributed by atoms with E-state index >= 15 is 0 Å². The van der Waals surface area contributed by atoms with Crippen molar-refractivity contribution < 1.29 is 0 Å². The first-order chi connectivity index (χ1) is 9.83. The summed E-state index contributed by atoms with van der Waals surface area (Å²) in [4.78, 5) is 0. The first-order valence-electron chi connectivity index (χ1n) is 7.40. The number of unbranched alkanes of at least 4 members (excludes halogenated alkanes) is 2. The normalized spacial score (nSPS) is 11.3. The van der Waals surface area contributed by atoms with Crippen LogP contribution in [0.1, 0.15) is 31.7 Å². The lowest BCUT2D eigenvalue weighted by Gasteiger charge is -2.13. The number of hydrogen-bond acceptors (Lipinski definition) is 0. The Morgan fingerprint density at radius 1 is 0.750 bits per heavy atom. The Labute approximate surface area is 128 Å². The van der Waals surface area contributed by atoms with Crippen LogP contribution in [0.25, 0.3) is 21.5 Å². The van der Waals surface area contributed by atoms with Gasteiger partial charge in [0.15, 0.2) is 0 Å². The number of benzene rings is 3. The average molecular weight is 327 g/mol. The molecular weight excluding hydrogens is 308 g/mol. The van der Waals surface area contributed by atoms with Gasteiger partial charge in [0.05, 0.1) is 0 Å². The molecule has 20 heavy (non-hydrogen) atoms. The number of halogens is 1. The van der Waals surface area contributed by atoms with Crippen molar-refractivity contribution in [2.75, 3.05) is 0 Å². The summed E-state index contributed by atoms with van der Waals surface area (Å²) in [6.45, 7) is 2.26. The molecule has 0 fully saturated rings. The van der Waals surface area contributed by atoms with Gasteiger partial charge in [-0.3, -0.25) is 0 Å². The molecule has 0 N–H and O–H groups in total. The van der Waals surface area contributed by atoms with Gasteiger partial charge in [-0.15, -0.1) is 0 Å². The van der Waals surface area contributed by atoms with Gasteiger partial charge in [-0.05, 0) is 55.9 Å². The Morgan fingerprint density at radius 2 is 1.25 bits per heavy atom. The summed E-state index contributed by atoms with van der Waals surface area (Å²) in [6.07, 6.45) is 5.01. The van der Waals surface area contributed by atoms with Crippen LogP contribution in [0.15, 0.2) is 53.0 Å². The van der Waals surface area contributed by atoms with Crippen LogP contribution < -0.4 is 0 Å². The Hall–Kier alpha value is -1.34. The molecule has 0 aliphatic rings. The van der Waals surface area contributed by atoms with Gasteiger partial charge in [0.2, 0.25) is 0 Å². The van der Waals surface area contributed by atoms with Crippen molar-refractivity contribution in [2.24, 2.45) is 0 Å². The van der Waals surface area contributed by atoms with Gasteiger partial charge in [0.1, 0.15) is 0 Å². The van der Waals surface area contributed by atoms with Gasteiger partial charge in [-0.25, -0.2) is 0 Å². The van der Waals surface area contributed by atoms with Crippen molar-refractivity contribution in [3.05, 3.63) is 58.6 Å². The molecule has 3 rings (SSSR count). The van der Waals surface area contributed by atoms with Gasteiger partial charge in [0.25, 0.3) is 0 Å².